The van der Waals surface area contributed by atoms with Gasteiger partial charge >= 0.3 is 11.9 Å². The van der Waals surface area contributed by atoms with Crippen LogP contribution in [0.5, 0.6) is 5.75 Å². The van der Waals surface area contributed by atoms with Crippen molar-refractivity contribution in [3.63, 3.8) is 0 Å². The van der Waals surface area contributed by atoms with Crippen LogP contribution in [0.2, 0.25) is 5.02 Å². The number of nitrogens with one attached hydrogen (secondary N) is 7. The number of piperidine rings is 1. The monoisotopic (exact) mass is 1110 g/mol. The SMILES string of the molecule is CCCC(=O)N[C@@H](C)C(=O)N[C@H](C(=O)N[C@H]1COC(=O)[C@H](C(C)C)NC(=O)[C@H](Cc2ccc(O)c(Cl)c2)N(C)C(=O)[C@H](C(C)O)N2C(=O)[C@@H](CC[C@H]2O)NC(=O)[C@H](CC(C)C)NC1=O)C(C)OC(=O)[C@H](C)NC(=O)CCC. The zero-order valence-electron chi connectivity index (χ0n) is 45.6. The normalized spacial score (nSPS) is 24.0. The number of esters is 2. The molecule has 0 saturated carbocycles. The highest BCUT2D eigenvalue weighted by Gasteiger charge is 2.47. The molecule has 1 aromatic carbocycles. The van der Waals surface area contributed by atoms with Gasteiger partial charge in [0.05, 0.1) is 11.1 Å². The number of fused-ring (bicyclic) bond motifs is 2. The number of ether oxygens (including phenoxy) is 2. The lowest BCUT2D eigenvalue weighted by Crippen LogP contribution is -2.67. The molecule has 0 spiro atoms. The molecule has 2 unspecified atom stereocenters. The molecule has 12 atom stereocenters. The Balaban J connectivity index is 2.22. The summed E-state index contributed by atoms with van der Waals surface area (Å²) in [6.07, 6.45) is -4.62. The molecule has 0 aromatic heterocycles. The minimum atomic E-state index is -1.93. The fourth-order valence-electron chi connectivity index (χ4n) is 8.52. The molecule has 2 aliphatic rings. The van der Waals surface area contributed by atoms with E-state index in [0.29, 0.717) is 23.3 Å². The van der Waals surface area contributed by atoms with Crippen LogP contribution in [0.1, 0.15) is 120 Å². The summed E-state index contributed by atoms with van der Waals surface area (Å²) in [6, 6.07) is -10.1. The lowest BCUT2D eigenvalue weighted by Gasteiger charge is -2.43. The summed E-state index contributed by atoms with van der Waals surface area (Å²) in [5.74, 6) is -11.7. The Hall–Kier alpha value is -6.60. The number of hydrogen-bond acceptors (Lipinski definition) is 16. The van der Waals surface area contributed by atoms with Gasteiger partial charge < -0.3 is 71.8 Å². The summed E-state index contributed by atoms with van der Waals surface area (Å²) < 4.78 is 11.2. The molecule has 9 amide bonds. The molecule has 3 rings (SSSR count). The van der Waals surface area contributed by atoms with Crippen molar-refractivity contribution in [3.05, 3.63) is 28.8 Å². The number of benzene rings is 1. The number of hydrogen-bond donors (Lipinski definition) is 10. The molecular weight excluding hydrogens is 1030 g/mol. The first kappa shape index (κ1) is 64.7. The highest BCUT2D eigenvalue weighted by molar-refractivity contribution is 6.32. The molecule has 77 heavy (non-hydrogen) atoms. The minimum absolute atomic E-state index is 0.0678. The molecule has 2 heterocycles. The zero-order valence-corrected chi connectivity index (χ0v) is 46.4. The van der Waals surface area contributed by atoms with Gasteiger partial charge in [0.15, 0.2) is 0 Å². The molecule has 10 N–H and O–H groups in total. The summed E-state index contributed by atoms with van der Waals surface area (Å²) in [5.41, 5.74) is 0.309. The average Bonchev–Trinajstić information content (AvgIpc) is 3.34. The van der Waals surface area contributed by atoms with Gasteiger partial charge in [-0.05, 0) is 89.3 Å². The van der Waals surface area contributed by atoms with Crippen LogP contribution < -0.4 is 37.2 Å². The third-order valence-corrected chi connectivity index (χ3v) is 13.2. The van der Waals surface area contributed by atoms with Gasteiger partial charge in [-0.2, -0.15) is 0 Å². The first-order valence-electron chi connectivity index (χ1n) is 25.9. The predicted octanol–water partition coefficient (Wildman–Crippen LogP) is -0.670. The van der Waals surface area contributed by atoms with Crippen LogP contribution in [0.3, 0.4) is 0 Å². The number of amides is 9. The number of rotatable bonds is 19. The van der Waals surface area contributed by atoms with Crippen LogP contribution in [0.25, 0.3) is 0 Å². The maximum Gasteiger partial charge on any atom is 0.328 e. The molecule has 2 aliphatic heterocycles. The number of aliphatic hydroxyl groups excluding tert-OH is 2. The largest absolute Gasteiger partial charge is 0.506 e. The number of cyclic esters (lactones) is 1. The van der Waals surface area contributed by atoms with Gasteiger partial charge in [-0.15, -0.1) is 0 Å². The molecule has 25 nitrogen and oxygen atoms in total. The second-order valence-electron chi connectivity index (χ2n) is 20.3. The van der Waals surface area contributed by atoms with Gasteiger partial charge in [-0.25, -0.2) is 9.59 Å². The van der Waals surface area contributed by atoms with Crippen LogP contribution in [0.4, 0.5) is 0 Å². The van der Waals surface area contributed by atoms with E-state index in [1.807, 2.05) is 0 Å². The van der Waals surface area contributed by atoms with E-state index in [-0.39, 0.29) is 55.2 Å². The van der Waals surface area contributed by atoms with Crippen molar-refractivity contribution in [3.8, 4) is 5.75 Å². The van der Waals surface area contributed by atoms with E-state index < -0.39 is 150 Å². The standard InChI is InChI=1S/C51H78ClN9O16/c1-12-14-37(64)53-26(7)43(67)59-41(29(10)77-50(74)27(8)54-38(65)15-13-2)47(71)57-34-23-76-51(75)40(25(5)6)58-46(70)35(22-30-16-18-36(63)31(52)21-30)60(11)49(73)42(28(9)62)61-39(66)19-17-32(48(61)72)55-44(68)33(20-24(3)4)56-45(34)69/h16,18,21,24-29,32-35,39-42,62-63,66H,12-15,17,19-20,22-23H2,1-11H3,(H,53,64)(H,54,65)(H,55,68)(H,56,69)(H,57,71)(H,58,70)(H,59,67)/t26-,27-,28?,29?,32+,33-,34-,35-,39+,40-,41-,42-/m0/s1. The van der Waals surface area contributed by atoms with Crippen molar-refractivity contribution >= 4 is 76.7 Å². The van der Waals surface area contributed by atoms with Crippen molar-refractivity contribution in [2.24, 2.45) is 11.8 Å². The Morgan fingerprint density at radius 1 is 0.805 bits per heavy atom. The van der Waals surface area contributed by atoms with E-state index >= 15 is 0 Å². The van der Waals surface area contributed by atoms with Crippen molar-refractivity contribution in [1.82, 2.24) is 47.0 Å². The number of carbonyl (C=O) groups is 11. The molecule has 26 heteroatoms. The maximum absolute atomic E-state index is 14.6. The zero-order chi connectivity index (χ0) is 58.2. The molecule has 0 aliphatic carbocycles. The van der Waals surface area contributed by atoms with Gasteiger partial charge in [0.25, 0.3) is 0 Å². The minimum Gasteiger partial charge on any atom is -0.506 e. The maximum atomic E-state index is 14.6. The van der Waals surface area contributed by atoms with Crippen molar-refractivity contribution < 1.29 is 77.5 Å². The molecule has 2 saturated heterocycles. The number of phenols is 1. The second-order valence-corrected chi connectivity index (χ2v) is 20.7. The second kappa shape index (κ2) is 29.8. The van der Waals surface area contributed by atoms with Gasteiger partial charge in [0, 0.05) is 26.3 Å². The van der Waals surface area contributed by atoms with E-state index in [9.17, 15) is 68.1 Å². The fourth-order valence-corrected chi connectivity index (χ4v) is 8.72. The van der Waals surface area contributed by atoms with E-state index in [1.54, 1.807) is 27.7 Å². The quantitative estimate of drug-likeness (QED) is 0.0768. The summed E-state index contributed by atoms with van der Waals surface area (Å²) in [6.45, 7) is 14.1. The third kappa shape index (κ3) is 18.5. The van der Waals surface area contributed by atoms with Gasteiger partial charge in [-0.3, -0.25) is 43.2 Å². The number of halogens is 1. The Morgan fingerprint density at radius 3 is 1.97 bits per heavy atom. The number of nitrogens with zero attached hydrogens (tertiary/aromatic N) is 2. The Kier molecular flexibility index (Phi) is 25.0. The highest BCUT2D eigenvalue weighted by atomic mass is 35.5. The van der Waals surface area contributed by atoms with Crippen molar-refractivity contribution in [2.45, 2.75) is 193 Å². The first-order valence-corrected chi connectivity index (χ1v) is 26.3. The fraction of sp³-hybridized carbons (Fsp3) is 0.667. The van der Waals surface area contributed by atoms with Gasteiger partial charge in [0.2, 0.25) is 53.2 Å². The van der Waals surface area contributed by atoms with Crippen molar-refractivity contribution in [2.75, 3.05) is 13.7 Å². The van der Waals surface area contributed by atoms with E-state index in [2.05, 4.69) is 37.2 Å². The van der Waals surface area contributed by atoms with Gasteiger partial charge in [-0.1, -0.05) is 59.2 Å². The molecule has 2 bridgehead atoms. The number of carbonyl (C=O) groups excluding carboxylic acids is 11. The number of aliphatic hydroxyl groups is 2. The van der Waals surface area contributed by atoms with Crippen molar-refractivity contribution in [1.29, 1.82) is 0 Å². The van der Waals surface area contributed by atoms with Crippen LogP contribution >= 0.6 is 11.6 Å². The van der Waals surface area contributed by atoms with Crippen LogP contribution in [0, 0.1) is 11.8 Å². The smallest absolute Gasteiger partial charge is 0.328 e. The Bertz CT molecular complexity index is 2320. The van der Waals surface area contributed by atoms with E-state index in [4.69, 9.17) is 21.1 Å². The highest BCUT2D eigenvalue weighted by Crippen LogP contribution is 2.27. The molecule has 2 fully saturated rings. The topological polar surface area (TPSA) is 358 Å². The molecule has 0 radical (unpaired) electrons. The molecule has 430 valence electrons. The van der Waals surface area contributed by atoms with Crippen LogP contribution in [-0.4, -0.2) is 177 Å². The number of likely N-dealkylation sites (N-methyl/N-ethyl adjacent to an activating group) is 1. The summed E-state index contributed by atoms with van der Waals surface area (Å²) >= 11 is 6.22. The Labute approximate surface area is 453 Å². The van der Waals surface area contributed by atoms with E-state index in [0.717, 1.165) is 4.90 Å². The summed E-state index contributed by atoms with van der Waals surface area (Å²) in [4.78, 5) is 154. The number of phenolic OH excluding ortho intramolecular Hbond substituents is 1. The first-order chi connectivity index (χ1) is 36.0. The van der Waals surface area contributed by atoms with Crippen LogP contribution in [0.15, 0.2) is 18.2 Å². The predicted molar refractivity (Wildman–Crippen MR) is 276 cm³/mol. The Morgan fingerprint density at radius 2 is 1.42 bits per heavy atom. The lowest BCUT2D eigenvalue weighted by atomic mass is 9.96. The average molecular weight is 1110 g/mol. The summed E-state index contributed by atoms with van der Waals surface area (Å²) in [7, 11) is 1.20. The van der Waals surface area contributed by atoms with Crippen LogP contribution in [-0.2, 0) is 68.6 Å². The third-order valence-electron chi connectivity index (χ3n) is 12.9. The number of aromatic hydroxyl groups is 1. The van der Waals surface area contributed by atoms with Gasteiger partial charge in [0.1, 0.15) is 79.1 Å². The molecule has 1 aromatic rings. The summed E-state index contributed by atoms with van der Waals surface area (Å²) in [5, 5.41) is 50.0. The lowest BCUT2D eigenvalue weighted by molar-refractivity contribution is -0.170. The molecular formula is C51H78ClN9O16. The van der Waals surface area contributed by atoms with E-state index in [1.165, 1.54) is 66.8 Å².